The molecule has 0 heterocycles. The minimum absolute atomic E-state index is 0. The number of fused-ring (bicyclic) bond motifs is 5. The summed E-state index contributed by atoms with van der Waals surface area (Å²) in [5.74, 6) is -1.83. The van der Waals surface area contributed by atoms with Crippen LogP contribution in [0.4, 0.5) is 0 Å². The van der Waals surface area contributed by atoms with Crippen LogP contribution in [0.25, 0.3) is 0 Å². The molecule has 0 aromatic carbocycles. The molecule has 0 spiro atoms. The largest absolute Gasteiger partial charge is 1.00 e. The summed E-state index contributed by atoms with van der Waals surface area (Å²) in [7, 11) is -5.40. The van der Waals surface area contributed by atoms with Crippen molar-refractivity contribution in [2.75, 3.05) is 6.61 Å². The van der Waals surface area contributed by atoms with Crippen LogP contribution in [0.5, 0.6) is 0 Å². The summed E-state index contributed by atoms with van der Waals surface area (Å²) in [6.45, 7) is 3.98. The number of Topliss-reactive ketones (excluding diaryl/α,β-unsaturated/α-hetero) is 1. The Balaban J connectivity index is 0.00000216. The molecule has 7 atom stereocenters. The van der Waals surface area contributed by atoms with E-state index >= 15 is 0 Å². The van der Waals surface area contributed by atoms with Crippen LogP contribution < -0.4 is 68.9 Å². The van der Waals surface area contributed by atoms with Crippen molar-refractivity contribution in [2.45, 2.75) is 64.6 Å². The molecule has 4 aliphatic carbocycles. The van der Waals surface area contributed by atoms with Crippen molar-refractivity contribution >= 4 is 25.4 Å². The summed E-state index contributed by atoms with van der Waals surface area (Å²) in [6.07, 6.45) is 6.44. The SMILES string of the molecule is CC(=O)O[C@]1(C(=O)COP(=O)([O-])[O-])CC[C@H]2[C@@H]3CCC4=CC(=O)C=C[C@]4(C)[C@H]3[C@@H](O)C[C@@]21C.[Na+].[Na+]. The molecule has 0 unspecified atom stereocenters. The first-order valence-electron chi connectivity index (χ1n) is 11.3. The van der Waals surface area contributed by atoms with Crippen LogP contribution in [0.15, 0.2) is 23.8 Å². The molecule has 0 aromatic heterocycles. The predicted octanol–water partition coefficient (Wildman–Crippen LogP) is -5.01. The number of phosphoric acid groups is 1. The van der Waals surface area contributed by atoms with E-state index in [9.17, 15) is 33.8 Å². The number of aliphatic hydroxyl groups is 1. The van der Waals surface area contributed by atoms with E-state index in [4.69, 9.17) is 4.74 Å². The number of rotatable bonds is 5. The number of aliphatic hydroxyl groups excluding tert-OH is 1. The van der Waals surface area contributed by atoms with Gasteiger partial charge in [0.2, 0.25) is 5.78 Å². The van der Waals surface area contributed by atoms with Gasteiger partial charge in [-0.25, -0.2) is 0 Å². The van der Waals surface area contributed by atoms with E-state index in [0.29, 0.717) is 19.3 Å². The van der Waals surface area contributed by atoms with Crippen molar-refractivity contribution < 1.29 is 102 Å². The second kappa shape index (κ2) is 10.9. The zero-order valence-electron chi connectivity index (χ0n) is 20.9. The van der Waals surface area contributed by atoms with Crippen LogP contribution >= 0.6 is 7.82 Å². The molecule has 9 nitrogen and oxygen atoms in total. The molecule has 3 fully saturated rings. The summed E-state index contributed by atoms with van der Waals surface area (Å²) in [4.78, 5) is 59.2. The molecular formula is C23H29Na2O9P. The summed E-state index contributed by atoms with van der Waals surface area (Å²) in [5.41, 5.74) is -2.16. The van der Waals surface area contributed by atoms with E-state index in [1.54, 1.807) is 13.0 Å². The molecule has 182 valence electrons. The fourth-order valence-corrected chi connectivity index (χ4v) is 7.77. The number of esters is 1. The van der Waals surface area contributed by atoms with Crippen LogP contribution in [0, 0.1) is 28.6 Å². The molecule has 1 N–H and O–H groups in total. The molecule has 4 rings (SSSR count). The third-order valence-corrected chi connectivity index (χ3v) is 9.18. The number of carbonyl (C=O) groups excluding carboxylic acids is 3. The fourth-order valence-electron chi connectivity index (χ4n) is 7.50. The Morgan fingerprint density at radius 1 is 1.23 bits per heavy atom. The zero-order valence-corrected chi connectivity index (χ0v) is 25.8. The topological polar surface area (TPSA) is 153 Å². The molecule has 3 saturated carbocycles. The van der Waals surface area contributed by atoms with E-state index in [1.165, 1.54) is 13.0 Å². The van der Waals surface area contributed by atoms with E-state index < -0.39 is 48.7 Å². The van der Waals surface area contributed by atoms with Gasteiger partial charge in [-0.3, -0.25) is 14.4 Å². The van der Waals surface area contributed by atoms with E-state index in [2.05, 4.69) is 4.52 Å². The molecule has 0 aliphatic heterocycles. The van der Waals surface area contributed by atoms with E-state index in [-0.39, 0.29) is 95.5 Å². The van der Waals surface area contributed by atoms with Gasteiger partial charge in [0, 0.05) is 23.7 Å². The van der Waals surface area contributed by atoms with Gasteiger partial charge in [0.05, 0.1) is 13.9 Å². The quantitative estimate of drug-likeness (QED) is 0.211. The van der Waals surface area contributed by atoms with Gasteiger partial charge in [0.1, 0.15) is 6.61 Å². The first-order valence-corrected chi connectivity index (χ1v) is 12.7. The molecule has 0 bridgehead atoms. The zero-order chi connectivity index (χ0) is 24.4. The Kier molecular flexibility index (Phi) is 9.79. The number of hydrogen-bond donors (Lipinski definition) is 1. The molecule has 0 aromatic rings. The van der Waals surface area contributed by atoms with Crippen LogP contribution in [0.3, 0.4) is 0 Å². The summed E-state index contributed by atoms with van der Waals surface area (Å²) in [6, 6.07) is 0. The number of allylic oxidation sites excluding steroid dienone is 4. The number of carbonyl (C=O) groups is 3. The standard InChI is InChI=1S/C23H31O9P.2Na/c1-13(24)32-23(19(27)12-31-33(28,29)30)9-7-17-16-5-4-14-10-15(25)6-8-21(14,2)20(16)18(26)11-22(17,23)3;;/h6,8,10,16-18,20,26H,4-5,7,9,11-12H2,1-3H3,(H2,28,29,30);;/q;2*+1/p-2/t16-,17-,18-,20+,21-,22-,23-;;/m0../s1. The molecular weight excluding hydrogens is 497 g/mol. The Morgan fingerprint density at radius 2 is 1.89 bits per heavy atom. The first kappa shape index (κ1) is 31.6. The summed E-state index contributed by atoms with van der Waals surface area (Å²) >= 11 is 0. The normalized spacial score (nSPS) is 39.7. The molecule has 35 heavy (non-hydrogen) atoms. The Morgan fingerprint density at radius 3 is 2.49 bits per heavy atom. The molecule has 0 saturated heterocycles. The average molecular weight is 526 g/mol. The van der Waals surface area contributed by atoms with Crippen LogP contribution in [-0.2, 0) is 28.2 Å². The van der Waals surface area contributed by atoms with Crippen molar-refractivity contribution in [1.82, 2.24) is 0 Å². The van der Waals surface area contributed by atoms with Gasteiger partial charge in [-0.15, -0.1) is 0 Å². The average Bonchev–Trinajstić information content (AvgIpc) is 2.98. The Bertz CT molecular complexity index is 1010. The minimum atomic E-state index is -5.40. The van der Waals surface area contributed by atoms with Crippen molar-refractivity contribution in [2.24, 2.45) is 28.6 Å². The predicted molar refractivity (Wildman–Crippen MR) is 111 cm³/mol. The fraction of sp³-hybridized carbons (Fsp3) is 0.696. The van der Waals surface area contributed by atoms with Gasteiger partial charge in [-0.1, -0.05) is 25.5 Å². The second-order valence-electron chi connectivity index (χ2n) is 10.3. The maximum absolute atomic E-state index is 13.3. The van der Waals surface area contributed by atoms with Gasteiger partial charge in [-0.05, 0) is 56.1 Å². The van der Waals surface area contributed by atoms with Crippen molar-refractivity contribution in [3.8, 4) is 0 Å². The van der Waals surface area contributed by atoms with Gasteiger partial charge in [0.25, 0.3) is 0 Å². The van der Waals surface area contributed by atoms with Gasteiger partial charge < -0.3 is 28.7 Å². The summed E-state index contributed by atoms with van der Waals surface area (Å²) < 4.78 is 20.9. The third kappa shape index (κ3) is 5.30. The van der Waals surface area contributed by atoms with Gasteiger partial charge >= 0.3 is 65.1 Å². The summed E-state index contributed by atoms with van der Waals surface area (Å²) in [5, 5.41) is 11.4. The van der Waals surface area contributed by atoms with Crippen molar-refractivity contribution in [1.29, 1.82) is 0 Å². The monoisotopic (exact) mass is 526 g/mol. The second-order valence-corrected chi connectivity index (χ2v) is 11.5. The van der Waals surface area contributed by atoms with Crippen LogP contribution in [-0.4, -0.2) is 41.0 Å². The molecule has 0 amide bonds. The molecule has 12 heteroatoms. The van der Waals surface area contributed by atoms with Crippen LogP contribution in [0.2, 0.25) is 0 Å². The van der Waals surface area contributed by atoms with Crippen molar-refractivity contribution in [3.63, 3.8) is 0 Å². The van der Waals surface area contributed by atoms with Crippen molar-refractivity contribution in [3.05, 3.63) is 23.8 Å². The Labute approximate surface area is 249 Å². The minimum Gasteiger partial charge on any atom is -0.790 e. The molecule has 0 radical (unpaired) electrons. The molecule has 4 aliphatic rings. The number of ether oxygens (including phenoxy) is 1. The van der Waals surface area contributed by atoms with Gasteiger partial charge in [-0.2, -0.15) is 0 Å². The number of ketones is 2. The van der Waals surface area contributed by atoms with E-state index in [0.717, 1.165) is 5.57 Å². The first-order chi connectivity index (χ1) is 15.2. The van der Waals surface area contributed by atoms with Crippen LogP contribution in [0.1, 0.15) is 52.9 Å². The number of phosphoric ester groups is 1. The maximum Gasteiger partial charge on any atom is 1.00 e. The van der Waals surface area contributed by atoms with Gasteiger partial charge in [0.15, 0.2) is 11.4 Å². The third-order valence-electron chi connectivity index (χ3n) is 8.74. The Hall–Kier alpha value is 0.360. The van der Waals surface area contributed by atoms with E-state index in [1.807, 2.05) is 13.0 Å². The number of hydrogen-bond acceptors (Lipinski definition) is 9. The maximum atomic E-state index is 13.3. The smallest absolute Gasteiger partial charge is 0.790 e.